The summed E-state index contributed by atoms with van der Waals surface area (Å²) >= 11 is 13.6. The molecule has 1 aromatic heterocycles. The van der Waals surface area contributed by atoms with Gasteiger partial charge in [-0.25, -0.2) is 9.38 Å². The van der Waals surface area contributed by atoms with Crippen molar-refractivity contribution in [3.63, 3.8) is 0 Å². The number of thioether (sulfide) groups is 1. The van der Waals surface area contributed by atoms with E-state index in [1.807, 2.05) is 48.5 Å². The first-order chi connectivity index (χ1) is 13.7. The molecule has 0 saturated heterocycles. The molecule has 0 radical (unpaired) electrons. The van der Waals surface area contributed by atoms with Crippen LogP contribution in [0.4, 0.5) is 4.39 Å². The van der Waals surface area contributed by atoms with Crippen LogP contribution >= 0.6 is 35.0 Å². The summed E-state index contributed by atoms with van der Waals surface area (Å²) in [6, 6.07) is 15.5. The number of pyridine rings is 1. The summed E-state index contributed by atoms with van der Waals surface area (Å²) in [5.74, 6) is 0.437. The van der Waals surface area contributed by atoms with Crippen molar-refractivity contribution in [2.24, 2.45) is 4.99 Å². The number of ether oxygens (including phenoxy) is 1. The molecule has 1 aliphatic rings. The second-order valence-electron chi connectivity index (χ2n) is 6.14. The number of hydrogen-bond acceptors (Lipinski definition) is 4. The quantitative estimate of drug-likeness (QED) is 0.426. The molecular weight excluding hydrogens is 418 g/mol. The maximum absolute atomic E-state index is 12.4. The van der Waals surface area contributed by atoms with E-state index < -0.39 is 6.01 Å². The minimum absolute atomic E-state index is 0.118. The molecule has 3 aromatic rings. The molecule has 28 heavy (non-hydrogen) atoms. The Kier molecular flexibility index (Phi) is 5.85. The first kappa shape index (κ1) is 19.2. The average Bonchev–Trinajstić information content (AvgIpc) is 3.19. The van der Waals surface area contributed by atoms with E-state index in [9.17, 15) is 4.39 Å². The van der Waals surface area contributed by atoms with Gasteiger partial charge in [-0.1, -0.05) is 71.4 Å². The van der Waals surface area contributed by atoms with Crippen molar-refractivity contribution in [1.29, 1.82) is 0 Å². The highest BCUT2D eigenvalue weighted by atomic mass is 35.5. The molecule has 4 rings (SSSR count). The summed E-state index contributed by atoms with van der Waals surface area (Å²) in [5.41, 5.74) is 3.79. The molecule has 0 fully saturated rings. The molecule has 0 bridgehead atoms. The minimum atomic E-state index is -0.421. The van der Waals surface area contributed by atoms with Crippen LogP contribution in [0.3, 0.4) is 0 Å². The summed E-state index contributed by atoms with van der Waals surface area (Å²) in [6.07, 6.45) is 3.04. The van der Waals surface area contributed by atoms with Crippen LogP contribution in [0.2, 0.25) is 10.0 Å². The fourth-order valence-corrected chi connectivity index (χ4v) is 3.98. The van der Waals surface area contributed by atoms with Crippen molar-refractivity contribution in [3.8, 4) is 11.1 Å². The second kappa shape index (κ2) is 8.52. The van der Waals surface area contributed by atoms with Crippen LogP contribution in [0, 0.1) is 0 Å². The normalized spacial score (nSPS) is 16.0. The lowest BCUT2D eigenvalue weighted by atomic mass is 10.0. The molecule has 0 spiro atoms. The van der Waals surface area contributed by atoms with E-state index in [0.717, 1.165) is 21.6 Å². The average molecular weight is 433 g/mol. The topological polar surface area (TPSA) is 34.5 Å². The molecule has 7 heteroatoms. The number of aromatic nitrogens is 1. The molecule has 0 N–H and O–H groups in total. The molecule has 2 heterocycles. The second-order valence-corrected chi connectivity index (χ2v) is 7.93. The zero-order valence-corrected chi connectivity index (χ0v) is 16.9. The number of benzene rings is 2. The Labute approximate surface area is 176 Å². The van der Waals surface area contributed by atoms with Gasteiger partial charge in [0.1, 0.15) is 18.7 Å². The first-order valence-corrected chi connectivity index (χ1v) is 10.3. The Morgan fingerprint density at radius 1 is 0.964 bits per heavy atom. The van der Waals surface area contributed by atoms with E-state index in [4.69, 9.17) is 27.9 Å². The minimum Gasteiger partial charge on any atom is -0.475 e. The van der Waals surface area contributed by atoms with Gasteiger partial charge in [-0.05, 0) is 28.8 Å². The molecule has 0 saturated carbocycles. The molecule has 1 atom stereocenters. The third kappa shape index (κ3) is 4.02. The van der Waals surface area contributed by atoms with Gasteiger partial charge in [-0.3, -0.25) is 4.98 Å². The molecule has 0 amide bonds. The highest BCUT2D eigenvalue weighted by molar-refractivity contribution is 7.99. The fraction of sp³-hybridized carbons (Fsp3) is 0.143. The fourth-order valence-electron chi connectivity index (χ4n) is 3.00. The SMILES string of the molecule is FCSc1ccc(-c2ccc(C3COC(c4c(Cl)cncc4Cl)=N3)cc2)cc1. The number of hydrogen-bond donors (Lipinski definition) is 0. The van der Waals surface area contributed by atoms with Crippen LogP contribution in [0.5, 0.6) is 0 Å². The molecule has 2 aromatic carbocycles. The Hall–Kier alpha value is -2.08. The van der Waals surface area contributed by atoms with Gasteiger partial charge in [-0.15, -0.1) is 0 Å². The van der Waals surface area contributed by atoms with Gasteiger partial charge in [0.05, 0.1) is 15.6 Å². The van der Waals surface area contributed by atoms with E-state index in [1.165, 1.54) is 24.2 Å². The highest BCUT2D eigenvalue weighted by Gasteiger charge is 2.25. The van der Waals surface area contributed by atoms with Gasteiger partial charge in [0.25, 0.3) is 0 Å². The third-order valence-corrected chi connectivity index (χ3v) is 5.71. The number of rotatable bonds is 5. The lowest BCUT2D eigenvalue weighted by molar-refractivity contribution is 0.320. The van der Waals surface area contributed by atoms with Gasteiger partial charge in [-0.2, -0.15) is 0 Å². The smallest absolute Gasteiger partial charge is 0.220 e. The Morgan fingerprint density at radius 2 is 1.57 bits per heavy atom. The maximum Gasteiger partial charge on any atom is 0.220 e. The van der Waals surface area contributed by atoms with Crippen molar-refractivity contribution in [1.82, 2.24) is 4.98 Å². The lowest BCUT2D eigenvalue weighted by Gasteiger charge is -2.08. The van der Waals surface area contributed by atoms with Gasteiger partial charge >= 0.3 is 0 Å². The van der Waals surface area contributed by atoms with Crippen LogP contribution in [0.15, 0.2) is 70.8 Å². The van der Waals surface area contributed by atoms with Crippen LogP contribution in [0.25, 0.3) is 11.1 Å². The van der Waals surface area contributed by atoms with Gasteiger partial charge in [0.2, 0.25) is 5.90 Å². The number of alkyl halides is 1. The molecule has 142 valence electrons. The molecule has 1 unspecified atom stereocenters. The van der Waals surface area contributed by atoms with Crippen LogP contribution in [-0.4, -0.2) is 23.5 Å². The van der Waals surface area contributed by atoms with Crippen molar-refractivity contribution >= 4 is 40.9 Å². The first-order valence-electron chi connectivity index (χ1n) is 8.55. The van der Waals surface area contributed by atoms with Crippen molar-refractivity contribution in [3.05, 3.63) is 82.1 Å². The van der Waals surface area contributed by atoms with E-state index >= 15 is 0 Å². The monoisotopic (exact) mass is 432 g/mol. The Bertz CT molecular complexity index is 990. The number of nitrogens with zero attached hydrogens (tertiary/aromatic N) is 2. The Balaban J connectivity index is 1.54. The summed E-state index contributed by atoms with van der Waals surface area (Å²) < 4.78 is 18.1. The number of halogens is 3. The van der Waals surface area contributed by atoms with Crippen LogP contribution in [0.1, 0.15) is 17.2 Å². The largest absolute Gasteiger partial charge is 0.475 e. The highest BCUT2D eigenvalue weighted by Crippen LogP contribution is 2.32. The van der Waals surface area contributed by atoms with Gasteiger partial charge < -0.3 is 4.74 Å². The maximum atomic E-state index is 12.4. The van der Waals surface area contributed by atoms with Crippen molar-refractivity contribution in [2.75, 3.05) is 12.6 Å². The summed E-state index contributed by atoms with van der Waals surface area (Å²) in [6.45, 7) is 0.429. The van der Waals surface area contributed by atoms with E-state index in [0.29, 0.717) is 28.1 Å². The van der Waals surface area contributed by atoms with Crippen molar-refractivity contribution < 1.29 is 9.13 Å². The van der Waals surface area contributed by atoms with Gasteiger partial charge in [0.15, 0.2) is 0 Å². The van der Waals surface area contributed by atoms with Crippen molar-refractivity contribution in [2.45, 2.75) is 10.9 Å². The summed E-state index contributed by atoms with van der Waals surface area (Å²) in [7, 11) is 0. The predicted molar refractivity (Wildman–Crippen MR) is 113 cm³/mol. The van der Waals surface area contributed by atoms with E-state index in [1.54, 1.807) is 0 Å². The predicted octanol–water partition coefficient (Wildman–Crippen LogP) is 6.59. The summed E-state index contributed by atoms with van der Waals surface area (Å²) in [5, 5.41) is 0.827. The zero-order chi connectivity index (χ0) is 19.5. The van der Waals surface area contributed by atoms with Gasteiger partial charge in [0, 0.05) is 17.3 Å². The molecule has 1 aliphatic heterocycles. The standard InChI is InChI=1S/C21H15Cl2FN2OS/c22-17-9-25-10-18(23)20(17)21-26-19(11-27-21)15-3-1-13(2-4-15)14-5-7-16(8-6-14)28-12-24/h1-10,19H,11-12H2. The zero-order valence-electron chi connectivity index (χ0n) is 14.6. The lowest BCUT2D eigenvalue weighted by Crippen LogP contribution is -2.03. The number of aliphatic imine (C=N–C) groups is 1. The van der Waals surface area contributed by atoms with E-state index in [2.05, 4.69) is 9.98 Å². The summed E-state index contributed by atoms with van der Waals surface area (Å²) in [4.78, 5) is 9.51. The molecule has 3 nitrogen and oxygen atoms in total. The van der Waals surface area contributed by atoms with Crippen LogP contribution < -0.4 is 0 Å². The van der Waals surface area contributed by atoms with E-state index in [-0.39, 0.29) is 6.04 Å². The Morgan fingerprint density at radius 3 is 2.18 bits per heavy atom. The van der Waals surface area contributed by atoms with Crippen LogP contribution in [-0.2, 0) is 4.74 Å². The molecule has 0 aliphatic carbocycles. The molecular formula is C21H15Cl2FN2OS. The third-order valence-electron chi connectivity index (χ3n) is 4.42.